The van der Waals surface area contributed by atoms with E-state index < -0.39 is 0 Å². The highest BCUT2D eigenvalue weighted by molar-refractivity contribution is 5.77. The van der Waals surface area contributed by atoms with Crippen LogP contribution in [0.1, 0.15) is 131 Å². The molecule has 0 spiro atoms. The minimum absolute atomic E-state index is 0.0219. The van der Waals surface area contributed by atoms with Crippen LogP contribution in [0.3, 0.4) is 0 Å². The Morgan fingerprint density at radius 2 is 1.67 bits per heavy atom. The number of hydrogen-bond donors (Lipinski definition) is 3. The number of rotatable bonds is 18. The number of hydrogen-bond acceptors (Lipinski definition) is 6. The lowest BCUT2D eigenvalue weighted by Gasteiger charge is -2.58. The van der Waals surface area contributed by atoms with Gasteiger partial charge in [-0.05, 0) is 130 Å². The zero-order valence-electron chi connectivity index (χ0n) is 30.3. The topological polar surface area (TPSA) is 111 Å². The van der Waals surface area contributed by atoms with E-state index in [0.717, 1.165) is 80.7 Å². The molecule has 0 radical (unpaired) electrons. The fraction of sp³-hybridized carbons (Fsp3) is 0.897. The number of carbonyl (C=O) groups excluding carboxylic acids is 2. The highest BCUT2D eigenvalue weighted by Gasteiger charge is 2.59. The summed E-state index contributed by atoms with van der Waals surface area (Å²) in [6.45, 7) is 16.6. The lowest BCUT2D eigenvalue weighted by molar-refractivity contribution is -0.151. The molecule has 3 saturated carbocycles. The Kier molecular flexibility index (Phi) is 14.0. The molecule has 0 aromatic carbocycles. The van der Waals surface area contributed by atoms with E-state index in [-0.39, 0.29) is 29.8 Å². The molecule has 7 heteroatoms. The van der Waals surface area contributed by atoms with Crippen molar-refractivity contribution in [1.29, 1.82) is 0 Å². The molecule has 1 amide bonds. The molecule has 4 rings (SSSR count). The second-order valence-corrected chi connectivity index (χ2v) is 16.6. The number of esters is 1. The summed E-state index contributed by atoms with van der Waals surface area (Å²) < 4.78 is 6.00. The molecule has 4 aliphatic carbocycles. The maximum Gasteiger partial charge on any atom is 0.307 e. The predicted octanol–water partition coefficient (Wildman–Crippen LogP) is 6.84. The van der Waals surface area contributed by atoms with Crippen LogP contribution in [0.2, 0.25) is 0 Å². The lowest BCUT2D eigenvalue weighted by atomic mass is 9.47. The Balaban J connectivity index is 1.22. The molecule has 0 aromatic rings. The third-order valence-electron chi connectivity index (χ3n) is 13.2. The minimum Gasteiger partial charge on any atom is -0.462 e. The fourth-order valence-corrected chi connectivity index (χ4v) is 10.6. The Morgan fingerprint density at radius 3 is 2.37 bits per heavy atom. The van der Waals surface area contributed by atoms with Crippen molar-refractivity contribution in [2.24, 2.45) is 57.8 Å². The van der Waals surface area contributed by atoms with Gasteiger partial charge in [0.15, 0.2) is 0 Å². The Hall–Kier alpha value is -1.44. The molecule has 0 heterocycles. The number of nitrogens with zero attached hydrogens (tertiary/aromatic N) is 1. The van der Waals surface area contributed by atoms with Gasteiger partial charge in [0.1, 0.15) is 6.10 Å². The van der Waals surface area contributed by atoms with Gasteiger partial charge >= 0.3 is 5.97 Å². The fourth-order valence-electron chi connectivity index (χ4n) is 10.6. The number of fused-ring (bicyclic) bond motifs is 5. The summed E-state index contributed by atoms with van der Waals surface area (Å²) in [6.07, 6.45) is 19.0. The number of allylic oxidation sites excluding steroid dienone is 1. The highest BCUT2D eigenvalue weighted by Crippen LogP contribution is 2.67. The van der Waals surface area contributed by atoms with E-state index in [1.54, 1.807) is 5.57 Å². The molecule has 0 saturated heterocycles. The normalized spacial score (nSPS) is 32.8. The van der Waals surface area contributed by atoms with Crippen molar-refractivity contribution in [1.82, 2.24) is 10.2 Å². The van der Waals surface area contributed by atoms with Crippen LogP contribution in [0.25, 0.3) is 0 Å². The molecule has 0 aliphatic heterocycles. The Bertz CT molecular complexity index is 1010. The van der Waals surface area contributed by atoms with Crippen molar-refractivity contribution in [3.63, 3.8) is 0 Å². The van der Waals surface area contributed by atoms with Gasteiger partial charge in [0, 0.05) is 25.9 Å². The van der Waals surface area contributed by atoms with E-state index in [1.165, 1.54) is 51.4 Å². The van der Waals surface area contributed by atoms with Crippen molar-refractivity contribution < 1.29 is 14.3 Å². The first kappa shape index (κ1) is 37.4. The molecule has 264 valence electrons. The molecule has 8 atom stereocenters. The monoisotopic (exact) mass is 643 g/mol. The molecular weight excluding hydrogens is 572 g/mol. The maximum atomic E-state index is 12.8. The first-order valence-electron chi connectivity index (χ1n) is 19.3. The summed E-state index contributed by atoms with van der Waals surface area (Å²) in [5.74, 6) is 4.79. The Labute approximate surface area is 281 Å². The van der Waals surface area contributed by atoms with Crippen LogP contribution in [0.4, 0.5) is 0 Å². The largest absolute Gasteiger partial charge is 0.462 e. The number of ether oxygens (including phenoxy) is 1. The van der Waals surface area contributed by atoms with Gasteiger partial charge in [-0.1, -0.05) is 65.5 Å². The maximum absolute atomic E-state index is 12.8. The van der Waals surface area contributed by atoms with Gasteiger partial charge in [0.2, 0.25) is 5.91 Å². The van der Waals surface area contributed by atoms with Gasteiger partial charge < -0.3 is 26.4 Å². The molecule has 7 nitrogen and oxygen atoms in total. The van der Waals surface area contributed by atoms with E-state index >= 15 is 0 Å². The third-order valence-corrected chi connectivity index (χ3v) is 13.2. The van der Waals surface area contributed by atoms with E-state index in [1.807, 2.05) is 0 Å². The van der Waals surface area contributed by atoms with Crippen molar-refractivity contribution in [3.05, 3.63) is 11.6 Å². The van der Waals surface area contributed by atoms with Crippen LogP contribution in [0.5, 0.6) is 0 Å². The van der Waals surface area contributed by atoms with Crippen LogP contribution >= 0.6 is 0 Å². The summed E-state index contributed by atoms with van der Waals surface area (Å²) >= 11 is 0. The summed E-state index contributed by atoms with van der Waals surface area (Å²) in [4.78, 5) is 27.5. The SMILES string of the molecule is CC(C)CCC[C@@H](C)[C@H]1CCC2C3CC=C4CC(OC(=O)CCNC(=O)CCN(CCCN)CCCN)CC[C@]4(C)C3CC[C@@]21C. The minimum atomic E-state index is -0.191. The summed E-state index contributed by atoms with van der Waals surface area (Å²) in [5, 5.41) is 2.92. The lowest BCUT2D eigenvalue weighted by Crippen LogP contribution is -2.51. The zero-order valence-corrected chi connectivity index (χ0v) is 30.3. The first-order valence-corrected chi connectivity index (χ1v) is 19.3. The first-order chi connectivity index (χ1) is 22.0. The van der Waals surface area contributed by atoms with Crippen molar-refractivity contribution in [2.45, 2.75) is 137 Å². The second kappa shape index (κ2) is 17.3. The molecule has 3 fully saturated rings. The second-order valence-electron chi connectivity index (χ2n) is 16.6. The summed E-state index contributed by atoms with van der Waals surface area (Å²) in [5.41, 5.74) is 13.6. The molecule has 5 N–H and O–H groups in total. The van der Waals surface area contributed by atoms with Gasteiger partial charge in [0.25, 0.3) is 0 Å². The van der Waals surface area contributed by atoms with Gasteiger partial charge in [-0.25, -0.2) is 0 Å². The van der Waals surface area contributed by atoms with E-state index in [9.17, 15) is 9.59 Å². The Morgan fingerprint density at radius 1 is 0.935 bits per heavy atom. The van der Waals surface area contributed by atoms with Crippen LogP contribution in [-0.4, -0.2) is 62.1 Å². The van der Waals surface area contributed by atoms with Crippen LogP contribution in [0.15, 0.2) is 11.6 Å². The highest BCUT2D eigenvalue weighted by atomic mass is 16.5. The van der Waals surface area contributed by atoms with Gasteiger partial charge in [-0.15, -0.1) is 0 Å². The number of nitrogens with two attached hydrogens (primary N) is 2. The van der Waals surface area contributed by atoms with Crippen molar-refractivity contribution in [3.8, 4) is 0 Å². The van der Waals surface area contributed by atoms with Gasteiger partial charge in [-0.2, -0.15) is 0 Å². The quantitative estimate of drug-likeness (QED) is 0.112. The van der Waals surface area contributed by atoms with Crippen LogP contribution < -0.4 is 16.8 Å². The summed E-state index contributed by atoms with van der Waals surface area (Å²) in [7, 11) is 0. The van der Waals surface area contributed by atoms with Crippen molar-refractivity contribution in [2.75, 3.05) is 39.3 Å². The predicted molar refractivity (Wildman–Crippen MR) is 189 cm³/mol. The van der Waals surface area contributed by atoms with Gasteiger partial charge in [0.05, 0.1) is 6.42 Å². The van der Waals surface area contributed by atoms with E-state index in [2.05, 4.69) is 50.9 Å². The zero-order chi connectivity index (χ0) is 33.3. The van der Waals surface area contributed by atoms with Crippen molar-refractivity contribution >= 4 is 11.9 Å². The van der Waals surface area contributed by atoms with Crippen LogP contribution in [-0.2, 0) is 14.3 Å². The van der Waals surface area contributed by atoms with Gasteiger partial charge in [-0.3, -0.25) is 9.59 Å². The number of nitrogens with one attached hydrogen (secondary N) is 1. The smallest absolute Gasteiger partial charge is 0.307 e. The number of amides is 1. The number of carbonyl (C=O) groups is 2. The molecule has 4 aliphatic rings. The molecular formula is C39H70N4O3. The average Bonchev–Trinajstić information content (AvgIpc) is 3.38. The molecule has 0 aromatic heterocycles. The molecule has 0 bridgehead atoms. The van der Waals surface area contributed by atoms with E-state index in [0.29, 0.717) is 38.0 Å². The van der Waals surface area contributed by atoms with E-state index in [4.69, 9.17) is 16.2 Å². The molecule has 46 heavy (non-hydrogen) atoms. The third kappa shape index (κ3) is 9.16. The summed E-state index contributed by atoms with van der Waals surface area (Å²) in [6, 6.07) is 0. The molecule has 4 unspecified atom stereocenters. The standard InChI is InChI=1S/C39H70N4O3/c1-28(2)9-6-10-29(3)33-13-14-34-32-12-11-30-27-31(15-19-38(30,4)35(32)16-20-39(33,34)5)46-37(45)17-23-42-36(44)18-26-43(24-7-21-40)25-8-22-41/h11,28-29,31-35H,6-10,12-27,40-41H2,1-5H3,(H,42,44)/t29-,31?,32?,33-,34?,35?,38+,39-/m1/s1. The van der Waals surface area contributed by atoms with Crippen LogP contribution in [0, 0.1) is 46.3 Å². The average molecular weight is 643 g/mol.